The van der Waals surface area contributed by atoms with Gasteiger partial charge in [0.15, 0.2) is 0 Å². The molecule has 2 amide bonds. The second-order valence-corrected chi connectivity index (χ2v) is 5.87. The molecule has 7 nitrogen and oxygen atoms in total. The molecule has 0 spiro atoms. The minimum atomic E-state index is -0.948. The molecule has 2 heterocycles. The van der Waals surface area contributed by atoms with E-state index in [1.54, 1.807) is 25.0 Å². The lowest BCUT2D eigenvalue weighted by atomic mass is 10.3. The SMILES string of the molecule is CN(Cc1nccn1C)C(=O)N1CCSCC1C(=O)O. The number of aryl methyl sites for hydroxylation is 1. The molecule has 1 saturated heterocycles. The van der Waals surface area contributed by atoms with Gasteiger partial charge in [-0.3, -0.25) is 0 Å². The normalized spacial score (nSPS) is 18.9. The number of amides is 2. The zero-order valence-electron chi connectivity index (χ0n) is 11.5. The molecule has 110 valence electrons. The molecule has 1 aromatic rings. The third-order valence-electron chi connectivity index (χ3n) is 3.29. The van der Waals surface area contributed by atoms with Gasteiger partial charge in [-0.05, 0) is 0 Å². The van der Waals surface area contributed by atoms with Crippen molar-refractivity contribution in [3.63, 3.8) is 0 Å². The van der Waals surface area contributed by atoms with Crippen LogP contribution < -0.4 is 0 Å². The molecule has 1 atom stereocenters. The van der Waals surface area contributed by atoms with Crippen molar-refractivity contribution in [3.8, 4) is 0 Å². The molecule has 1 aliphatic heterocycles. The lowest BCUT2D eigenvalue weighted by Crippen LogP contribution is -2.54. The average molecular weight is 298 g/mol. The second-order valence-electron chi connectivity index (χ2n) is 4.72. The summed E-state index contributed by atoms with van der Waals surface area (Å²) in [6.45, 7) is 0.823. The Hall–Kier alpha value is -1.70. The van der Waals surface area contributed by atoms with Crippen LogP contribution in [0.5, 0.6) is 0 Å². The van der Waals surface area contributed by atoms with Crippen molar-refractivity contribution in [2.24, 2.45) is 7.05 Å². The number of thioether (sulfide) groups is 1. The zero-order valence-corrected chi connectivity index (χ0v) is 12.3. The van der Waals surface area contributed by atoms with Gasteiger partial charge >= 0.3 is 12.0 Å². The predicted octanol–water partition coefficient (Wildman–Crippen LogP) is 0.474. The van der Waals surface area contributed by atoms with Gasteiger partial charge in [0, 0.05) is 44.5 Å². The minimum Gasteiger partial charge on any atom is -0.480 e. The van der Waals surface area contributed by atoms with Crippen molar-refractivity contribution in [3.05, 3.63) is 18.2 Å². The highest BCUT2D eigenvalue weighted by Crippen LogP contribution is 2.18. The molecule has 1 N–H and O–H groups in total. The first-order chi connectivity index (χ1) is 9.50. The molecule has 1 fully saturated rings. The van der Waals surface area contributed by atoms with Crippen molar-refractivity contribution in [1.29, 1.82) is 0 Å². The van der Waals surface area contributed by atoms with Gasteiger partial charge < -0.3 is 19.5 Å². The number of carboxylic acid groups (broad SMARTS) is 1. The molecular formula is C12H18N4O3S. The molecule has 0 saturated carbocycles. The van der Waals surface area contributed by atoms with Gasteiger partial charge in [0.2, 0.25) is 0 Å². The van der Waals surface area contributed by atoms with Gasteiger partial charge in [0.1, 0.15) is 11.9 Å². The summed E-state index contributed by atoms with van der Waals surface area (Å²) in [4.78, 5) is 30.7. The molecule has 0 radical (unpaired) electrons. The quantitative estimate of drug-likeness (QED) is 0.878. The summed E-state index contributed by atoms with van der Waals surface area (Å²) in [6, 6.07) is -1.01. The first kappa shape index (κ1) is 14.7. The second kappa shape index (κ2) is 6.17. The molecule has 1 aliphatic rings. The smallest absolute Gasteiger partial charge is 0.327 e. The molecule has 1 aromatic heterocycles. The fraction of sp³-hybridized carbons (Fsp3) is 0.583. The summed E-state index contributed by atoms with van der Waals surface area (Å²) in [5.41, 5.74) is 0. The van der Waals surface area contributed by atoms with E-state index in [-0.39, 0.29) is 6.03 Å². The van der Waals surface area contributed by atoms with E-state index >= 15 is 0 Å². The monoisotopic (exact) mass is 298 g/mol. The standard InChI is InChI=1S/C12H18N4O3S/c1-14-4-3-13-10(14)7-15(2)12(19)16-5-6-20-8-9(16)11(17)18/h3-4,9H,5-8H2,1-2H3,(H,17,18). The Labute approximate surface area is 121 Å². The van der Waals surface area contributed by atoms with Crippen molar-refractivity contribution in [2.45, 2.75) is 12.6 Å². The summed E-state index contributed by atoms with van der Waals surface area (Å²) in [5, 5.41) is 9.20. The van der Waals surface area contributed by atoms with Gasteiger partial charge in [-0.2, -0.15) is 11.8 Å². The first-order valence-electron chi connectivity index (χ1n) is 6.29. The lowest BCUT2D eigenvalue weighted by Gasteiger charge is -2.35. The van der Waals surface area contributed by atoms with E-state index in [2.05, 4.69) is 4.98 Å². The van der Waals surface area contributed by atoms with E-state index in [4.69, 9.17) is 0 Å². The number of hydrogen-bond acceptors (Lipinski definition) is 4. The molecule has 0 bridgehead atoms. The van der Waals surface area contributed by atoms with Crippen LogP contribution in [-0.4, -0.2) is 67.6 Å². The molecule has 0 aromatic carbocycles. The average Bonchev–Trinajstić information content (AvgIpc) is 2.83. The highest BCUT2D eigenvalue weighted by atomic mass is 32.2. The van der Waals surface area contributed by atoms with Crippen LogP contribution >= 0.6 is 11.8 Å². The van der Waals surface area contributed by atoms with Crippen LogP contribution in [0.25, 0.3) is 0 Å². The molecule has 0 aliphatic carbocycles. The number of carbonyl (C=O) groups is 2. The van der Waals surface area contributed by atoms with Gasteiger partial charge in [-0.15, -0.1) is 0 Å². The van der Waals surface area contributed by atoms with Crippen LogP contribution in [0, 0.1) is 0 Å². The number of imidazole rings is 1. The minimum absolute atomic E-state index is 0.263. The Morgan fingerprint density at radius 1 is 1.60 bits per heavy atom. The number of urea groups is 1. The fourth-order valence-corrected chi connectivity index (χ4v) is 3.12. The Morgan fingerprint density at radius 2 is 2.35 bits per heavy atom. The molecule has 8 heteroatoms. The van der Waals surface area contributed by atoms with Crippen LogP contribution in [0.3, 0.4) is 0 Å². The van der Waals surface area contributed by atoms with Crippen molar-refractivity contribution in [1.82, 2.24) is 19.4 Å². The first-order valence-corrected chi connectivity index (χ1v) is 7.44. The Balaban J connectivity index is 2.05. The third-order valence-corrected chi connectivity index (χ3v) is 4.31. The number of hydrogen-bond donors (Lipinski definition) is 1. The van der Waals surface area contributed by atoms with Crippen LogP contribution in [0.1, 0.15) is 5.82 Å². The van der Waals surface area contributed by atoms with E-state index in [1.807, 2.05) is 17.8 Å². The van der Waals surface area contributed by atoms with E-state index < -0.39 is 12.0 Å². The van der Waals surface area contributed by atoms with Gasteiger partial charge in [0.25, 0.3) is 0 Å². The maximum atomic E-state index is 12.4. The van der Waals surface area contributed by atoms with Gasteiger partial charge in [-0.25, -0.2) is 14.6 Å². The Bertz CT molecular complexity index is 505. The largest absolute Gasteiger partial charge is 0.480 e. The molecule has 20 heavy (non-hydrogen) atoms. The predicted molar refractivity (Wildman–Crippen MR) is 75.5 cm³/mol. The van der Waals surface area contributed by atoms with Gasteiger partial charge in [0.05, 0.1) is 6.54 Å². The van der Waals surface area contributed by atoms with E-state index in [0.29, 0.717) is 18.8 Å². The summed E-state index contributed by atoms with van der Waals surface area (Å²) < 4.78 is 1.84. The van der Waals surface area contributed by atoms with Crippen LogP contribution in [-0.2, 0) is 18.4 Å². The highest BCUT2D eigenvalue weighted by molar-refractivity contribution is 7.99. The summed E-state index contributed by atoms with van der Waals surface area (Å²) in [5.74, 6) is 1.03. The van der Waals surface area contributed by atoms with Crippen molar-refractivity contribution >= 4 is 23.8 Å². The molecular weight excluding hydrogens is 280 g/mol. The topological polar surface area (TPSA) is 78.7 Å². The maximum Gasteiger partial charge on any atom is 0.327 e. The van der Waals surface area contributed by atoms with Crippen LogP contribution in [0.2, 0.25) is 0 Å². The summed E-state index contributed by atoms with van der Waals surface area (Å²) >= 11 is 1.56. The van der Waals surface area contributed by atoms with E-state index in [0.717, 1.165) is 11.6 Å². The summed E-state index contributed by atoms with van der Waals surface area (Å²) in [6.07, 6.45) is 3.48. The molecule has 1 unspecified atom stereocenters. The Morgan fingerprint density at radius 3 is 2.95 bits per heavy atom. The summed E-state index contributed by atoms with van der Waals surface area (Å²) in [7, 11) is 3.52. The van der Waals surface area contributed by atoms with Crippen LogP contribution in [0.4, 0.5) is 4.79 Å². The van der Waals surface area contributed by atoms with Gasteiger partial charge in [-0.1, -0.05) is 0 Å². The zero-order chi connectivity index (χ0) is 14.7. The third kappa shape index (κ3) is 3.06. The number of carboxylic acids is 1. The number of nitrogens with zero attached hydrogens (tertiary/aromatic N) is 4. The molecule has 2 rings (SSSR count). The number of rotatable bonds is 3. The number of carbonyl (C=O) groups excluding carboxylic acids is 1. The fourth-order valence-electron chi connectivity index (χ4n) is 2.09. The van der Waals surface area contributed by atoms with E-state index in [1.165, 1.54) is 9.80 Å². The number of aromatic nitrogens is 2. The number of aliphatic carboxylic acids is 1. The van der Waals surface area contributed by atoms with E-state index in [9.17, 15) is 14.7 Å². The maximum absolute atomic E-state index is 12.4. The highest BCUT2D eigenvalue weighted by Gasteiger charge is 2.34. The Kier molecular flexibility index (Phi) is 4.53. The van der Waals surface area contributed by atoms with Crippen molar-refractivity contribution < 1.29 is 14.7 Å². The van der Waals surface area contributed by atoms with Crippen LogP contribution in [0.15, 0.2) is 12.4 Å². The van der Waals surface area contributed by atoms with Crippen molar-refractivity contribution in [2.75, 3.05) is 25.1 Å². The lowest BCUT2D eigenvalue weighted by molar-refractivity contribution is -0.141.